The standard InChI is InChI=1S/C27H26N2O3/c1-17(2)18-9-11-19(12-10-18)28-27(30)23-16-25(29-24-8-6-5-7-21(23)24)22-14-13-20(31-3)15-26(22)32-4/h5-17H,1-4H3,(H,28,30). The van der Waals surface area contributed by atoms with Gasteiger partial charge in [0, 0.05) is 22.7 Å². The number of methoxy groups -OCH3 is 2. The number of nitrogens with zero attached hydrogens (tertiary/aromatic N) is 1. The average molecular weight is 427 g/mol. The van der Waals surface area contributed by atoms with Gasteiger partial charge in [-0.1, -0.05) is 44.2 Å². The minimum Gasteiger partial charge on any atom is -0.497 e. The highest BCUT2D eigenvalue weighted by Gasteiger charge is 2.17. The molecular formula is C27H26N2O3. The summed E-state index contributed by atoms with van der Waals surface area (Å²) >= 11 is 0. The number of hydrogen-bond donors (Lipinski definition) is 1. The number of fused-ring (bicyclic) bond motifs is 1. The van der Waals surface area contributed by atoms with Crippen LogP contribution in [0.25, 0.3) is 22.2 Å². The van der Waals surface area contributed by atoms with Crippen molar-refractivity contribution in [2.24, 2.45) is 0 Å². The Morgan fingerprint density at radius 2 is 1.66 bits per heavy atom. The molecule has 1 N–H and O–H groups in total. The van der Waals surface area contributed by atoms with Crippen molar-refractivity contribution in [1.29, 1.82) is 0 Å². The van der Waals surface area contributed by atoms with Crippen LogP contribution in [-0.4, -0.2) is 25.1 Å². The van der Waals surface area contributed by atoms with E-state index in [9.17, 15) is 4.79 Å². The van der Waals surface area contributed by atoms with E-state index in [-0.39, 0.29) is 5.91 Å². The highest BCUT2D eigenvalue weighted by Crippen LogP contribution is 2.34. The van der Waals surface area contributed by atoms with Crippen molar-refractivity contribution in [3.8, 4) is 22.8 Å². The number of para-hydroxylation sites is 1. The van der Waals surface area contributed by atoms with Crippen LogP contribution in [-0.2, 0) is 0 Å². The summed E-state index contributed by atoms with van der Waals surface area (Å²) in [4.78, 5) is 18.1. The van der Waals surface area contributed by atoms with Gasteiger partial charge in [0.15, 0.2) is 0 Å². The van der Waals surface area contributed by atoms with Gasteiger partial charge in [-0.3, -0.25) is 4.79 Å². The van der Waals surface area contributed by atoms with Crippen LogP contribution < -0.4 is 14.8 Å². The monoisotopic (exact) mass is 426 g/mol. The molecule has 4 rings (SSSR count). The number of carbonyl (C=O) groups is 1. The van der Waals surface area contributed by atoms with Crippen LogP contribution >= 0.6 is 0 Å². The van der Waals surface area contributed by atoms with Crippen molar-refractivity contribution in [3.63, 3.8) is 0 Å². The molecule has 0 aliphatic carbocycles. The Labute approximate surface area is 188 Å². The molecule has 1 amide bonds. The number of anilines is 1. The summed E-state index contributed by atoms with van der Waals surface area (Å²) in [5, 5.41) is 3.82. The predicted octanol–water partition coefficient (Wildman–Crippen LogP) is 6.29. The molecule has 5 heteroatoms. The van der Waals surface area contributed by atoms with Gasteiger partial charge in [-0.25, -0.2) is 4.98 Å². The molecule has 0 saturated heterocycles. The lowest BCUT2D eigenvalue weighted by Crippen LogP contribution is -2.13. The van der Waals surface area contributed by atoms with E-state index in [1.165, 1.54) is 5.56 Å². The van der Waals surface area contributed by atoms with E-state index >= 15 is 0 Å². The highest BCUT2D eigenvalue weighted by molar-refractivity contribution is 6.13. The van der Waals surface area contributed by atoms with Gasteiger partial charge in [0.1, 0.15) is 11.5 Å². The zero-order valence-electron chi connectivity index (χ0n) is 18.7. The van der Waals surface area contributed by atoms with Crippen LogP contribution in [0, 0.1) is 0 Å². The summed E-state index contributed by atoms with van der Waals surface area (Å²) in [5.41, 5.74) is 4.72. The third-order valence-corrected chi connectivity index (χ3v) is 5.48. The Hall–Kier alpha value is -3.86. The minimum absolute atomic E-state index is 0.186. The van der Waals surface area contributed by atoms with Crippen LogP contribution in [0.5, 0.6) is 11.5 Å². The fraction of sp³-hybridized carbons (Fsp3) is 0.185. The van der Waals surface area contributed by atoms with E-state index in [4.69, 9.17) is 14.5 Å². The van der Waals surface area contributed by atoms with Gasteiger partial charge in [-0.15, -0.1) is 0 Å². The molecule has 0 bridgehead atoms. The molecular weight excluding hydrogens is 400 g/mol. The molecule has 0 atom stereocenters. The van der Waals surface area contributed by atoms with Crippen LogP contribution in [0.3, 0.4) is 0 Å². The minimum atomic E-state index is -0.186. The summed E-state index contributed by atoms with van der Waals surface area (Å²) < 4.78 is 10.9. The summed E-state index contributed by atoms with van der Waals surface area (Å²) in [6.45, 7) is 4.29. The van der Waals surface area contributed by atoms with E-state index < -0.39 is 0 Å². The van der Waals surface area contributed by atoms with Gasteiger partial charge >= 0.3 is 0 Å². The first-order valence-corrected chi connectivity index (χ1v) is 10.5. The molecule has 0 aliphatic rings. The van der Waals surface area contributed by atoms with Gasteiger partial charge in [0.2, 0.25) is 0 Å². The molecule has 4 aromatic rings. The maximum Gasteiger partial charge on any atom is 0.256 e. The first-order chi connectivity index (χ1) is 15.5. The molecule has 1 heterocycles. The van der Waals surface area contributed by atoms with Crippen molar-refractivity contribution in [3.05, 3.63) is 83.9 Å². The molecule has 0 aliphatic heterocycles. The number of carbonyl (C=O) groups excluding carboxylic acids is 1. The summed E-state index contributed by atoms with van der Waals surface area (Å²) in [6.07, 6.45) is 0. The van der Waals surface area contributed by atoms with Gasteiger partial charge in [0.05, 0.1) is 31.0 Å². The average Bonchev–Trinajstić information content (AvgIpc) is 2.83. The molecule has 162 valence electrons. The SMILES string of the molecule is COc1ccc(-c2cc(C(=O)Nc3ccc(C(C)C)cc3)c3ccccc3n2)c(OC)c1. The molecule has 0 unspecified atom stereocenters. The molecule has 0 spiro atoms. The van der Waals surface area contributed by atoms with Crippen LogP contribution in [0.2, 0.25) is 0 Å². The molecule has 0 saturated carbocycles. The number of ether oxygens (including phenoxy) is 2. The normalized spacial score (nSPS) is 10.9. The van der Waals surface area contributed by atoms with E-state index in [1.807, 2.05) is 72.8 Å². The summed E-state index contributed by atoms with van der Waals surface area (Å²) in [7, 11) is 3.21. The Morgan fingerprint density at radius 3 is 2.34 bits per heavy atom. The number of aromatic nitrogens is 1. The fourth-order valence-electron chi connectivity index (χ4n) is 3.66. The smallest absolute Gasteiger partial charge is 0.256 e. The fourth-order valence-corrected chi connectivity index (χ4v) is 3.66. The Bertz CT molecular complexity index is 1260. The van der Waals surface area contributed by atoms with Crippen molar-refractivity contribution < 1.29 is 14.3 Å². The lowest BCUT2D eigenvalue weighted by atomic mass is 10.0. The Kier molecular flexibility index (Phi) is 6.08. The van der Waals surface area contributed by atoms with E-state index in [2.05, 4.69) is 19.2 Å². The Balaban J connectivity index is 1.77. The van der Waals surface area contributed by atoms with E-state index in [1.54, 1.807) is 14.2 Å². The third-order valence-electron chi connectivity index (χ3n) is 5.48. The van der Waals surface area contributed by atoms with Gasteiger partial charge < -0.3 is 14.8 Å². The van der Waals surface area contributed by atoms with Crippen molar-refractivity contribution in [2.75, 3.05) is 19.5 Å². The first-order valence-electron chi connectivity index (χ1n) is 10.5. The molecule has 5 nitrogen and oxygen atoms in total. The second kappa shape index (κ2) is 9.10. The molecule has 3 aromatic carbocycles. The maximum atomic E-state index is 13.3. The van der Waals surface area contributed by atoms with Crippen molar-refractivity contribution >= 4 is 22.5 Å². The van der Waals surface area contributed by atoms with Crippen LogP contribution in [0.4, 0.5) is 5.69 Å². The topological polar surface area (TPSA) is 60.5 Å². The second-order valence-electron chi connectivity index (χ2n) is 7.87. The van der Waals surface area contributed by atoms with Gasteiger partial charge in [-0.05, 0) is 47.9 Å². The number of amides is 1. The Morgan fingerprint density at radius 1 is 0.906 bits per heavy atom. The number of hydrogen-bond acceptors (Lipinski definition) is 4. The lowest BCUT2D eigenvalue weighted by molar-refractivity contribution is 0.102. The lowest BCUT2D eigenvalue weighted by Gasteiger charge is -2.14. The quantitative estimate of drug-likeness (QED) is 0.393. The molecule has 32 heavy (non-hydrogen) atoms. The van der Waals surface area contributed by atoms with Gasteiger partial charge in [-0.2, -0.15) is 0 Å². The number of pyridine rings is 1. The summed E-state index contributed by atoms with van der Waals surface area (Å²) in [5.74, 6) is 1.57. The first kappa shape index (κ1) is 21.4. The zero-order valence-corrected chi connectivity index (χ0v) is 18.7. The molecule has 1 aromatic heterocycles. The number of benzene rings is 3. The number of rotatable bonds is 6. The van der Waals surface area contributed by atoms with Crippen LogP contribution in [0.15, 0.2) is 72.8 Å². The predicted molar refractivity (Wildman–Crippen MR) is 129 cm³/mol. The zero-order chi connectivity index (χ0) is 22.7. The van der Waals surface area contributed by atoms with E-state index in [0.717, 1.165) is 22.2 Å². The highest BCUT2D eigenvalue weighted by atomic mass is 16.5. The second-order valence-corrected chi connectivity index (χ2v) is 7.87. The molecule has 0 radical (unpaired) electrons. The van der Waals surface area contributed by atoms with Crippen molar-refractivity contribution in [1.82, 2.24) is 4.98 Å². The maximum absolute atomic E-state index is 13.3. The largest absolute Gasteiger partial charge is 0.497 e. The molecule has 0 fully saturated rings. The van der Waals surface area contributed by atoms with Crippen LogP contribution in [0.1, 0.15) is 35.7 Å². The number of nitrogens with one attached hydrogen (secondary N) is 1. The third kappa shape index (κ3) is 4.28. The van der Waals surface area contributed by atoms with Crippen molar-refractivity contribution in [2.45, 2.75) is 19.8 Å². The van der Waals surface area contributed by atoms with Gasteiger partial charge in [0.25, 0.3) is 5.91 Å². The van der Waals surface area contributed by atoms with E-state index in [0.29, 0.717) is 28.7 Å². The summed E-state index contributed by atoms with van der Waals surface area (Å²) in [6, 6.07) is 22.9.